The van der Waals surface area contributed by atoms with E-state index in [9.17, 15) is 9.59 Å². The molecule has 3 aromatic rings. The molecule has 0 aliphatic carbocycles. The van der Waals surface area contributed by atoms with E-state index in [1.807, 2.05) is 18.2 Å². The molecule has 5 heteroatoms. The van der Waals surface area contributed by atoms with Gasteiger partial charge in [-0.1, -0.05) is 54.6 Å². The van der Waals surface area contributed by atoms with Gasteiger partial charge in [0.25, 0.3) is 0 Å². The van der Waals surface area contributed by atoms with Gasteiger partial charge >= 0.3 is 0 Å². The van der Waals surface area contributed by atoms with Gasteiger partial charge in [-0.05, 0) is 54.3 Å². The Kier molecular flexibility index (Phi) is 6.99. The van der Waals surface area contributed by atoms with Gasteiger partial charge in [0.15, 0.2) is 0 Å². The van der Waals surface area contributed by atoms with E-state index in [2.05, 4.69) is 60.1 Å². The molecule has 0 radical (unpaired) electrons. The Balaban J connectivity index is 1.72. The largest absolute Gasteiger partial charge is 0.326 e. The molecular weight excluding hydrogens is 374 g/mol. The van der Waals surface area contributed by atoms with Crippen molar-refractivity contribution in [3.8, 4) is 0 Å². The first-order valence-electron chi connectivity index (χ1n) is 9.95. The number of rotatable bonds is 7. The summed E-state index contributed by atoms with van der Waals surface area (Å²) in [5.41, 5.74) is 5.95. The van der Waals surface area contributed by atoms with Crippen LogP contribution in [0.15, 0.2) is 72.8 Å². The van der Waals surface area contributed by atoms with Crippen LogP contribution in [0.2, 0.25) is 0 Å². The van der Waals surface area contributed by atoms with Gasteiger partial charge in [0.2, 0.25) is 11.8 Å². The number of carbonyl (C=O) groups excluding carboxylic acids is 2. The Morgan fingerprint density at radius 2 is 1.47 bits per heavy atom. The highest BCUT2D eigenvalue weighted by Crippen LogP contribution is 2.24. The maximum atomic E-state index is 12.6. The van der Waals surface area contributed by atoms with Gasteiger partial charge in [-0.2, -0.15) is 0 Å². The Morgan fingerprint density at radius 1 is 0.767 bits per heavy atom. The Labute approximate surface area is 177 Å². The van der Waals surface area contributed by atoms with Crippen molar-refractivity contribution >= 4 is 23.2 Å². The molecule has 30 heavy (non-hydrogen) atoms. The molecule has 5 nitrogen and oxygen atoms in total. The van der Waals surface area contributed by atoms with Crippen LogP contribution >= 0.6 is 0 Å². The molecule has 0 fully saturated rings. The Hall–Kier alpha value is -3.44. The van der Waals surface area contributed by atoms with Crippen molar-refractivity contribution < 1.29 is 9.59 Å². The van der Waals surface area contributed by atoms with Gasteiger partial charge in [0, 0.05) is 18.3 Å². The van der Waals surface area contributed by atoms with Gasteiger partial charge in [-0.25, -0.2) is 0 Å². The molecule has 1 atom stereocenters. The molecule has 3 aromatic carbocycles. The van der Waals surface area contributed by atoms with E-state index in [0.717, 1.165) is 11.1 Å². The van der Waals surface area contributed by atoms with Crippen molar-refractivity contribution in [1.29, 1.82) is 0 Å². The predicted molar refractivity (Wildman–Crippen MR) is 122 cm³/mol. The summed E-state index contributed by atoms with van der Waals surface area (Å²) in [5.74, 6) is -0.307. The first-order chi connectivity index (χ1) is 14.4. The first kappa shape index (κ1) is 21.3. The summed E-state index contributed by atoms with van der Waals surface area (Å²) in [4.78, 5) is 23.8. The fourth-order valence-electron chi connectivity index (χ4n) is 3.30. The van der Waals surface area contributed by atoms with Crippen LogP contribution in [-0.2, 0) is 9.59 Å². The van der Waals surface area contributed by atoms with Crippen LogP contribution in [0.5, 0.6) is 0 Å². The minimum Gasteiger partial charge on any atom is -0.326 e. The fraction of sp³-hybridized carbons (Fsp3) is 0.200. The summed E-state index contributed by atoms with van der Waals surface area (Å²) in [5, 5.41) is 8.98. The maximum absolute atomic E-state index is 12.6. The highest BCUT2D eigenvalue weighted by atomic mass is 16.2. The molecule has 0 bridgehead atoms. The summed E-state index contributed by atoms with van der Waals surface area (Å²) in [7, 11) is 0. The summed E-state index contributed by atoms with van der Waals surface area (Å²) < 4.78 is 0. The van der Waals surface area contributed by atoms with Gasteiger partial charge in [-0.15, -0.1) is 0 Å². The van der Waals surface area contributed by atoms with E-state index in [1.54, 1.807) is 24.3 Å². The van der Waals surface area contributed by atoms with Gasteiger partial charge in [-0.3, -0.25) is 14.9 Å². The number of benzene rings is 3. The number of aryl methyl sites for hydroxylation is 2. The van der Waals surface area contributed by atoms with Crippen LogP contribution in [0.1, 0.15) is 35.2 Å². The van der Waals surface area contributed by atoms with Crippen LogP contribution in [0.3, 0.4) is 0 Å². The molecule has 1 unspecified atom stereocenters. The van der Waals surface area contributed by atoms with Gasteiger partial charge in [0.05, 0.1) is 12.6 Å². The van der Waals surface area contributed by atoms with E-state index in [1.165, 1.54) is 18.1 Å². The molecule has 0 aliphatic heterocycles. The van der Waals surface area contributed by atoms with E-state index in [0.29, 0.717) is 11.4 Å². The minimum atomic E-state index is -0.153. The van der Waals surface area contributed by atoms with Gasteiger partial charge < -0.3 is 10.6 Å². The number of amides is 2. The van der Waals surface area contributed by atoms with E-state index < -0.39 is 0 Å². The van der Waals surface area contributed by atoms with Crippen LogP contribution in [-0.4, -0.2) is 18.4 Å². The third-order valence-electron chi connectivity index (χ3n) is 4.93. The number of anilines is 2. The molecule has 0 spiro atoms. The highest BCUT2D eigenvalue weighted by Gasteiger charge is 2.16. The third kappa shape index (κ3) is 5.78. The number of hydrogen-bond acceptors (Lipinski definition) is 3. The lowest BCUT2D eigenvalue weighted by molar-refractivity contribution is -0.115. The molecule has 0 saturated carbocycles. The third-order valence-corrected chi connectivity index (χ3v) is 4.93. The zero-order valence-corrected chi connectivity index (χ0v) is 17.5. The predicted octanol–water partition coefficient (Wildman–Crippen LogP) is 4.58. The first-order valence-corrected chi connectivity index (χ1v) is 9.95. The van der Waals surface area contributed by atoms with Crippen molar-refractivity contribution in [1.82, 2.24) is 5.32 Å². The lowest BCUT2D eigenvalue weighted by atomic mass is 9.95. The lowest BCUT2D eigenvalue weighted by Gasteiger charge is -2.21. The quantitative estimate of drug-likeness (QED) is 0.543. The van der Waals surface area contributed by atoms with Crippen molar-refractivity contribution in [2.24, 2.45) is 0 Å². The molecule has 154 valence electrons. The molecule has 2 amide bonds. The molecule has 0 aromatic heterocycles. The molecule has 0 aliphatic rings. The topological polar surface area (TPSA) is 70.2 Å². The van der Waals surface area contributed by atoms with Crippen LogP contribution in [0.25, 0.3) is 0 Å². The zero-order chi connectivity index (χ0) is 21.5. The van der Waals surface area contributed by atoms with Crippen LogP contribution < -0.4 is 16.0 Å². The number of carbonyl (C=O) groups is 2. The zero-order valence-electron chi connectivity index (χ0n) is 17.5. The lowest BCUT2D eigenvalue weighted by Crippen LogP contribution is -2.32. The normalized spacial score (nSPS) is 11.6. The van der Waals surface area contributed by atoms with E-state index >= 15 is 0 Å². The van der Waals surface area contributed by atoms with Crippen molar-refractivity contribution in [3.63, 3.8) is 0 Å². The standard InChI is InChI=1S/C25H27N3O2/c1-17-12-13-21(14-18(17)2)25(20-8-5-4-6-9-20)26-16-24(30)28-23-11-7-10-22(15-23)27-19(3)29/h4-15,25-26H,16H2,1-3H3,(H,27,29)(H,28,30). The van der Waals surface area contributed by atoms with Gasteiger partial charge in [0.1, 0.15) is 0 Å². The molecule has 3 rings (SSSR count). The monoisotopic (exact) mass is 401 g/mol. The highest BCUT2D eigenvalue weighted by molar-refractivity contribution is 5.94. The average Bonchev–Trinajstić information content (AvgIpc) is 2.71. The molecular formula is C25H27N3O2. The molecule has 0 saturated heterocycles. The minimum absolute atomic E-state index is 0.0954. The smallest absolute Gasteiger partial charge is 0.238 e. The molecule has 0 heterocycles. The van der Waals surface area contributed by atoms with E-state index in [4.69, 9.17) is 0 Å². The van der Waals surface area contributed by atoms with Crippen LogP contribution in [0.4, 0.5) is 11.4 Å². The van der Waals surface area contributed by atoms with Crippen molar-refractivity contribution in [2.45, 2.75) is 26.8 Å². The Morgan fingerprint density at radius 3 is 2.13 bits per heavy atom. The average molecular weight is 402 g/mol. The van der Waals surface area contributed by atoms with Crippen molar-refractivity contribution in [2.75, 3.05) is 17.2 Å². The summed E-state index contributed by atoms with van der Waals surface area (Å²) >= 11 is 0. The van der Waals surface area contributed by atoms with E-state index in [-0.39, 0.29) is 24.4 Å². The second kappa shape index (κ2) is 9.85. The second-order valence-electron chi connectivity index (χ2n) is 7.38. The van der Waals surface area contributed by atoms with Crippen LogP contribution in [0, 0.1) is 13.8 Å². The van der Waals surface area contributed by atoms with Crippen molar-refractivity contribution in [3.05, 3.63) is 95.1 Å². The number of nitrogens with one attached hydrogen (secondary N) is 3. The summed E-state index contributed by atoms with van der Waals surface area (Å²) in [6, 6.07) is 23.5. The SMILES string of the molecule is CC(=O)Nc1cccc(NC(=O)CNC(c2ccccc2)c2ccc(C)c(C)c2)c1. The number of hydrogen-bond donors (Lipinski definition) is 3. The molecule has 3 N–H and O–H groups in total. The maximum Gasteiger partial charge on any atom is 0.238 e. The summed E-state index contributed by atoms with van der Waals surface area (Å²) in [6.45, 7) is 5.78. The second-order valence-corrected chi connectivity index (χ2v) is 7.38. The summed E-state index contributed by atoms with van der Waals surface area (Å²) in [6.07, 6.45) is 0. The Bertz CT molecular complexity index is 1030. The fourth-order valence-corrected chi connectivity index (χ4v) is 3.30.